The van der Waals surface area contributed by atoms with E-state index in [2.05, 4.69) is 4.90 Å². The second kappa shape index (κ2) is 6.89. The third-order valence-electron chi connectivity index (χ3n) is 6.00. The SMILES string of the molecule is COc1ccc(S(=O)(=O)N2CCCC2)c2c1CCCC2N1CCCC1. The molecule has 1 aromatic carbocycles. The summed E-state index contributed by atoms with van der Waals surface area (Å²) in [4.78, 5) is 3.02. The molecule has 0 saturated carbocycles. The molecule has 1 unspecified atom stereocenters. The Morgan fingerprint density at radius 1 is 1.00 bits per heavy atom. The second-order valence-corrected chi connectivity index (χ2v) is 9.33. The summed E-state index contributed by atoms with van der Waals surface area (Å²) in [5, 5.41) is 0. The van der Waals surface area contributed by atoms with Crippen molar-refractivity contribution >= 4 is 10.0 Å². The molecule has 0 N–H and O–H groups in total. The van der Waals surface area contributed by atoms with E-state index in [1.165, 1.54) is 12.8 Å². The normalized spacial score (nSPS) is 25.2. The minimum atomic E-state index is -3.42. The van der Waals surface area contributed by atoms with E-state index in [-0.39, 0.29) is 6.04 Å². The molecule has 5 nitrogen and oxygen atoms in total. The molecule has 25 heavy (non-hydrogen) atoms. The van der Waals surface area contributed by atoms with Gasteiger partial charge >= 0.3 is 0 Å². The summed E-state index contributed by atoms with van der Waals surface area (Å²) in [7, 11) is -1.73. The van der Waals surface area contributed by atoms with E-state index in [0.717, 1.165) is 62.1 Å². The van der Waals surface area contributed by atoms with Gasteiger partial charge < -0.3 is 4.74 Å². The van der Waals surface area contributed by atoms with Gasteiger partial charge in [-0.05, 0) is 75.7 Å². The molecule has 0 bridgehead atoms. The number of benzene rings is 1. The third-order valence-corrected chi connectivity index (χ3v) is 7.95. The zero-order chi connectivity index (χ0) is 17.4. The van der Waals surface area contributed by atoms with Crippen LogP contribution in [0.4, 0.5) is 0 Å². The maximum atomic E-state index is 13.3. The second-order valence-electron chi connectivity index (χ2n) is 7.42. The maximum absolute atomic E-state index is 13.3. The summed E-state index contributed by atoms with van der Waals surface area (Å²) >= 11 is 0. The van der Waals surface area contributed by atoms with Crippen molar-refractivity contribution in [1.29, 1.82) is 0 Å². The van der Waals surface area contributed by atoms with Crippen molar-refractivity contribution < 1.29 is 13.2 Å². The zero-order valence-corrected chi connectivity index (χ0v) is 15.9. The van der Waals surface area contributed by atoms with Crippen LogP contribution in [-0.2, 0) is 16.4 Å². The van der Waals surface area contributed by atoms with E-state index in [9.17, 15) is 8.42 Å². The van der Waals surface area contributed by atoms with Gasteiger partial charge in [-0.2, -0.15) is 4.31 Å². The number of hydrogen-bond acceptors (Lipinski definition) is 4. The molecular weight excluding hydrogens is 336 g/mol. The highest BCUT2D eigenvalue weighted by Crippen LogP contribution is 2.44. The molecule has 138 valence electrons. The van der Waals surface area contributed by atoms with E-state index in [0.29, 0.717) is 18.0 Å². The first-order valence-electron chi connectivity index (χ1n) is 9.57. The van der Waals surface area contributed by atoms with Crippen molar-refractivity contribution in [2.75, 3.05) is 33.3 Å². The fraction of sp³-hybridized carbons (Fsp3) is 0.684. The van der Waals surface area contributed by atoms with Gasteiger partial charge in [-0.3, -0.25) is 4.90 Å². The van der Waals surface area contributed by atoms with Crippen molar-refractivity contribution in [2.24, 2.45) is 0 Å². The van der Waals surface area contributed by atoms with Crippen molar-refractivity contribution in [3.8, 4) is 5.75 Å². The van der Waals surface area contributed by atoms with Gasteiger partial charge in [0.2, 0.25) is 10.0 Å². The average Bonchev–Trinajstić information content (AvgIpc) is 3.33. The lowest BCUT2D eigenvalue weighted by Gasteiger charge is -2.35. The molecule has 2 fully saturated rings. The molecule has 2 aliphatic heterocycles. The van der Waals surface area contributed by atoms with Crippen LogP contribution in [0.15, 0.2) is 17.0 Å². The molecule has 0 radical (unpaired) electrons. The van der Waals surface area contributed by atoms with Gasteiger partial charge in [-0.1, -0.05) is 0 Å². The highest BCUT2D eigenvalue weighted by Gasteiger charge is 2.37. The Balaban J connectivity index is 1.84. The van der Waals surface area contributed by atoms with Crippen molar-refractivity contribution in [3.05, 3.63) is 23.3 Å². The molecule has 6 heteroatoms. The molecule has 0 spiro atoms. The van der Waals surface area contributed by atoms with Crippen molar-refractivity contribution in [1.82, 2.24) is 9.21 Å². The Morgan fingerprint density at radius 2 is 1.68 bits per heavy atom. The lowest BCUT2D eigenvalue weighted by molar-refractivity contribution is 0.216. The summed E-state index contributed by atoms with van der Waals surface area (Å²) in [6, 6.07) is 3.86. The van der Waals surface area contributed by atoms with Gasteiger partial charge in [0.05, 0.1) is 12.0 Å². The van der Waals surface area contributed by atoms with Crippen LogP contribution < -0.4 is 4.74 Å². The highest BCUT2D eigenvalue weighted by molar-refractivity contribution is 7.89. The van der Waals surface area contributed by atoms with Gasteiger partial charge in [-0.15, -0.1) is 0 Å². The number of likely N-dealkylation sites (tertiary alicyclic amines) is 1. The summed E-state index contributed by atoms with van der Waals surface area (Å²) in [6.07, 6.45) is 7.40. The molecule has 2 saturated heterocycles. The predicted molar refractivity (Wildman–Crippen MR) is 97.5 cm³/mol. The van der Waals surface area contributed by atoms with Crippen LogP contribution in [0.5, 0.6) is 5.75 Å². The molecule has 4 rings (SSSR count). The molecule has 3 aliphatic rings. The molecule has 1 aliphatic carbocycles. The van der Waals surface area contributed by atoms with Gasteiger partial charge in [0.25, 0.3) is 0 Å². The minimum absolute atomic E-state index is 0.216. The van der Waals surface area contributed by atoms with Crippen LogP contribution in [-0.4, -0.2) is 50.9 Å². The van der Waals surface area contributed by atoms with Crippen LogP contribution in [0, 0.1) is 0 Å². The summed E-state index contributed by atoms with van der Waals surface area (Å²) in [5.74, 6) is 0.847. The highest BCUT2D eigenvalue weighted by atomic mass is 32.2. The van der Waals surface area contributed by atoms with Crippen LogP contribution in [0.2, 0.25) is 0 Å². The van der Waals surface area contributed by atoms with Crippen molar-refractivity contribution in [2.45, 2.75) is 55.9 Å². The Bertz CT molecular complexity index is 735. The Labute approximate surface area is 151 Å². The third kappa shape index (κ3) is 2.98. The topological polar surface area (TPSA) is 49.9 Å². The molecule has 0 aromatic heterocycles. The van der Waals surface area contributed by atoms with E-state index in [4.69, 9.17) is 4.74 Å². The zero-order valence-electron chi connectivity index (χ0n) is 15.0. The Hall–Kier alpha value is -1.11. The van der Waals surface area contributed by atoms with Crippen LogP contribution in [0.25, 0.3) is 0 Å². The number of sulfonamides is 1. The van der Waals surface area contributed by atoms with Gasteiger partial charge in [0.1, 0.15) is 5.75 Å². The van der Waals surface area contributed by atoms with Gasteiger partial charge in [0.15, 0.2) is 0 Å². The van der Waals surface area contributed by atoms with Crippen LogP contribution in [0.1, 0.15) is 55.7 Å². The number of hydrogen-bond donors (Lipinski definition) is 0. The quantitative estimate of drug-likeness (QED) is 0.824. The summed E-state index contributed by atoms with van der Waals surface area (Å²) in [6.45, 7) is 3.45. The Kier molecular flexibility index (Phi) is 4.77. The van der Waals surface area contributed by atoms with Crippen LogP contribution in [0.3, 0.4) is 0 Å². The standard InChI is InChI=1S/C19H28N2O3S/c1-24-17-9-10-18(25(22,23)21-13-4-5-14-21)19-15(17)7-6-8-16(19)20-11-2-3-12-20/h9-10,16H,2-8,11-14H2,1H3. The number of fused-ring (bicyclic) bond motifs is 1. The fourth-order valence-electron chi connectivity index (χ4n) is 4.77. The molecule has 1 aromatic rings. The Morgan fingerprint density at radius 3 is 2.36 bits per heavy atom. The largest absolute Gasteiger partial charge is 0.496 e. The first kappa shape index (κ1) is 17.3. The van der Waals surface area contributed by atoms with Crippen molar-refractivity contribution in [3.63, 3.8) is 0 Å². The van der Waals surface area contributed by atoms with E-state index < -0.39 is 10.0 Å². The average molecular weight is 365 g/mol. The lowest BCUT2D eigenvalue weighted by Crippen LogP contribution is -2.34. The molecular formula is C19H28N2O3S. The number of methoxy groups -OCH3 is 1. The smallest absolute Gasteiger partial charge is 0.243 e. The van der Waals surface area contributed by atoms with E-state index in [1.54, 1.807) is 17.5 Å². The molecule has 0 amide bonds. The van der Waals surface area contributed by atoms with Crippen LogP contribution >= 0.6 is 0 Å². The first-order chi connectivity index (χ1) is 12.1. The van der Waals surface area contributed by atoms with E-state index >= 15 is 0 Å². The van der Waals surface area contributed by atoms with E-state index in [1.807, 2.05) is 6.07 Å². The summed E-state index contributed by atoms with van der Waals surface area (Å²) in [5.41, 5.74) is 2.14. The number of ether oxygens (including phenoxy) is 1. The van der Waals surface area contributed by atoms with Gasteiger partial charge in [0, 0.05) is 24.7 Å². The number of nitrogens with zero attached hydrogens (tertiary/aromatic N) is 2. The monoisotopic (exact) mass is 364 g/mol. The fourth-order valence-corrected chi connectivity index (χ4v) is 6.56. The minimum Gasteiger partial charge on any atom is -0.496 e. The first-order valence-corrected chi connectivity index (χ1v) is 11.0. The summed E-state index contributed by atoms with van der Waals surface area (Å²) < 4.78 is 33.9. The van der Waals surface area contributed by atoms with Gasteiger partial charge in [-0.25, -0.2) is 8.42 Å². The lowest BCUT2D eigenvalue weighted by atomic mass is 9.86. The molecule has 1 atom stereocenters. The molecule has 2 heterocycles. The predicted octanol–water partition coefficient (Wildman–Crippen LogP) is 2.95. The number of rotatable bonds is 4. The maximum Gasteiger partial charge on any atom is 0.243 e.